The van der Waals surface area contributed by atoms with Crippen molar-refractivity contribution in [1.29, 1.82) is 0 Å². The van der Waals surface area contributed by atoms with Gasteiger partial charge in [0.25, 0.3) is 0 Å². The van der Waals surface area contributed by atoms with E-state index in [0.717, 1.165) is 51.7 Å². The van der Waals surface area contributed by atoms with Crippen LogP contribution >= 0.6 is 79.6 Å². The number of benzene rings is 2. The molecule has 0 amide bonds. The van der Waals surface area contributed by atoms with Crippen LogP contribution in [-0.2, 0) is 26.1 Å². The molecule has 3 aromatic rings. The van der Waals surface area contributed by atoms with Crippen molar-refractivity contribution in [3.05, 3.63) is 106 Å². The van der Waals surface area contributed by atoms with E-state index in [1.165, 1.54) is 11.1 Å². The SMILES string of the molecule is COC(OC)(c1ccc(C(C)(C)C)cc1)c1[nH]c(/C(=C2\N=C(Br)C(Br)=C2Br)c2ccc(C(C)(C)C)cc2)c(Br)c1Br. The molecule has 1 aliphatic heterocycles. The van der Waals surface area contributed by atoms with Crippen LogP contribution in [0.4, 0.5) is 0 Å². The van der Waals surface area contributed by atoms with Gasteiger partial charge in [-0.15, -0.1) is 0 Å². The molecule has 0 bridgehead atoms. The van der Waals surface area contributed by atoms with Crippen LogP contribution in [0.3, 0.4) is 0 Å². The average molecular weight is 877 g/mol. The smallest absolute Gasteiger partial charge is 0.238 e. The van der Waals surface area contributed by atoms with Gasteiger partial charge in [0.15, 0.2) is 0 Å². The lowest BCUT2D eigenvalue weighted by atomic mass is 9.86. The van der Waals surface area contributed by atoms with Gasteiger partial charge in [0.05, 0.1) is 35.0 Å². The van der Waals surface area contributed by atoms with Crippen LogP contribution in [0, 0.1) is 0 Å². The van der Waals surface area contributed by atoms with Gasteiger partial charge in [-0.05, 0) is 107 Å². The van der Waals surface area contributed by atoms with E-state index < -0.39 is 5.79 Å². The van der Waals surface area contributed by atoms with E-state index in [4.69, 9.17) is 14.5 Å². The van der Waals surface area contributed by atoms with Gasteiger partial charge >= 0.3 is 0 Å². The van der Waals surface area contributed by atoms with Crippen molar-refractivity contribution in [3.63, 3.8) is 0 Å². The molecule has 41 heavy (non-hydrogen) atoms. The number of allylic oxidation sites excluding steroid dienone is 2. The highest BCUT2D eigenvalue weighted by Crippen LogP contribution is 2.48. The highest BCUT2D eigenvalue weighted by molar-refractivity contribution is 9.21. The van der Waals surface area contributed by atoms with Crippen LogP contribution in [-0.4, -0.2) is 23.8 Å². The topological polar surface area (TPSA) is 46.6 Å². The van der Waals surface area contributed by atoms with Crippen molar-refractivity contribution in [2.75, 3.05) is 14.2 Å². The van der Waals surface area contributed by atoms with Gasteiger partial charge in [0.2, 0.25) is 5.79 Å². The van der Waals surface area contributed by atoms with E-state index in [-0.39, 0.29) is 10.8 Å². The minimum Gasteiger partial charge on any atom is -0.352 e. The predicted octanol–water partition coefficient (Wildman–Crippen LogP) is 11.2. The fourth-order valence-corrected chi connectivity index (χ4v) is 7.25. The summed E-state index contributed by atoms with van der Waals surface area (Å²) < 4.78 is 16.4. The van der Waals surface area contributed by atoms with Crippen LogP contribution in [0.25, 0.3) is 5.57 Å². The zero-order chi connectivity index (χ0) is 30.5. The molecule has 1 N–H and O–H groups in total. The number of rotatable bonds is 6. The lowest BCUT2D eigenvalue weighted by molar-refractivity contribution is -0.186. The van der Waals surface area contributed by atoms with Gasteiger partial charge in [-0.25, -0.2) is 4.99 Å². The number of nitrogens with zero attached hydrogens (tertiary/aromatic N) is 1. The molecule has 0 fully saturated rings. The largest absolute Gasteiger partial charge is 0.352 e. The van der Waals surface area contributed by atoms with Crippen LogP contribution in [0.1, 0.15) is 75.2 Å². The number of hydrogen-bond acceptors (Lipinski definition) is 3. The highest BCUT2D eigenvalue weighted by atomic mass is 79.9. The molecule has 218 valence electrons. The summed E-state index contributed by atoms with van der Waals surface area (Å²) in [6, 6.07) is 17.0. The minimum atomic E-state index is -1.20. The molecule has 0 unspecified atom stereocenters. The second-order valence-electron chi connectivity index (χ2n) is 11.9. The molecule has 0 saturated heterocycles. The first kappa shape index (κ1) is 33.1. The molecule has 0 aliphatic carbocycles. The maximum Gasteiger partial charge on any atom is 0.238 e. The molecule has 4 rings (SSSR count). The Labute approximate surface area is 285 Å². The van der Waals surface area contributed by atoms with Crippen molar-refractivity contribution < 1.29 is 9.47 Å². The van der Waals surface area contributed by atoms with E-state index in [0.29, 0.717) is 4.62 Å². The van der Waals surface area contributed by atoms with E-state index in [1.807, 2.05) is 0 Å². The molecule has 2 heterocycles. The van der Waals surface area contributed by atoms with Crippen molar-refractivity contribution in [3.8, 4) is 0 Å². The standard InChI is InChI=1S/C32H33Br5N2O2/c1-30(2,3)18-11-9-17(10-12-18)21(27-23(34)25(36)29(37)39-27)26-22(33)24(35)28(38-26)32(40-7,41-8)20-15-13-19(14-16-20)31(4,5)6/h9-16,38H,1-8H3/b27-21-. The second kappa shape index (κ2) is 12.3. The lowest BCUT2D eigenvalue weighted by Crippen LogP contribution is -2.33. The Morgan fingerprint density at radius 2 is 1.12 bits per heavy atom. The van der Waals surface area contributed by atoms with E-state index in [2.05, 4.69) is 175 Å². The van der Waals surface area contributed by atoms with E-state index >= 15 is 0 Å². The highest BCUT2D eigenvalue weighted by Gasteiger charge is 2.41. The molecule has 1 aromatic heterocycles. The third-order valence-electron chi connectivity index (χ3n) is 7.23. The number of methoxy groups -OCH3 is 2. The summed E-state index contributed by atoms with van der Waals surface area (Å²) in [5.74, 6) is -1.20. The number of hydrogen-bond donors (Lipinski definition) is 1. The Bertz CT molecular complexity index is 1550. The first-order valence-electron chi connectivity index (χ1n) is 13.0. The molecule has 0 spiro atoms. The third kappa shape index (κ3) is 6.24. The zero-order valence-electron chi connectivity index (χ0n) is 24.3. The molecule has 2 aromatic carbocycles. The fourth-order valence-electron chi connectivity index (χ4n) is 4.80. The number of aliphatic imine (C=N–C) groups is 1. The molecular weight excluding hydrogens is 844 g/mol. The number of H-pyrrole nitrogens is 1. The summed E-state index contributed by atoms with van der Waals surface area (Å²) >= 11 is 18.7. The van der Waals surface area contributed by atoms with Crippen LogP contribution in [0.15, 0.2) is 77.1 Å². The summed E-state index contributed by atoms with van der Waals surface area (Å²) in [5, 5.41) is 0. The number of aromatic nitrogens is 1. The summed E-state index contributed by atoms with van der Waals surface area (Å²) in [4.78, 5) is 8.54. The van der Waals surface area contributed by atoms with Crippen molar-refractivity contribution in [2.24, 2.45) is 4.99 Å². The Kier molecular flexibility index (Phi) is 9.92. The van der Waals surface area contributed by atoms with Gasteiger partial charge in [-0.2, -0.15) is 0 Å². The van der Waals surface area contributed by atoms with Crippen LogP contribution in [0.5, 0.6) is 0 Å². The molecule has 1 aliphatic rings. The number of nitrogens with one attached hydrogen (secondary N) is 1. The van der Waals surface area contributed by atoms with Gasteiger partial charge in [0.1, 0.15) is 4.62 Å². The number of halogens is 5. The Morgan fingerprint density at radius 3 is 1.54 bits per heavy atom. The molecule has 0 atom stereocenters. The van der Waals surface area contributed by atoms with Crippen molar-refractivity contribution >= 4 is 89.8 Å². The summed E-state index contributed by atoms with van der Waals surface area (Å²) in [5.41, 5.74) is 7.66. The molecule has 4 nitrogen and oxygen atoms in total. The quantitative estimate of drug-likeness (QED) is 0.251. The molecule has 9 heteroatoms. The fraction of sp³-hybridized carbons (Fsp3) is 0.344. The maximum atomic E-state index is 6.17. The number of ether oxygens (including phenoxy) is 2. The predicted molar refractivity (Wildman–Crippen MR) is 189 cm³/mol. The van der Waals surface area contributed by atoms with E-state index in [1.54, 1.807) is 14.2 Å². The normalized spacial score (nSPS) is 16.0. The minimum absolute atomic E-state index is 0.0272. The van der Waals surface area contributed by atoms with Gasteiger partial charge in [0, 0.05) is 25.4 Å². The van der Waals surface area contributed by atoms with E-state index in [9.17, 15) is 0 Å². The average Bonchev–Trinajstić information content (AvgIpc) is 3.35. The summed E-state index contributed by atoms with van der Waals surface area (Å²) in [7, 11) is 3.31. The summed E-state index contributed by atoms with van der Waals surface area (Å²) in [6.45, 7) is 13.2. The second-order valence-corrected chi connectivity index (χ2v) is 15.9. The maximum absolute atomic E-state index is 6.17. The first-order chi connectivity index (χ1) is 19.1. The van der Waals surface area contributed by atoms with Crippen LogP contribution < -0.4 is 0 Å². The molecule has 0 saturated carbocycles. The summed E-state index contributed by atoms with van der Waals surface area (Å²) in [6.07, 6.45) is 0. The van der Waals surface area contributed by atoms with Gasteiger partial charge in [-0.3, -0.25) is 0 Å². The molecule has 0 radical (unpaired) electrons. The first-order valence-corrected chi connectivity index (χ1v) is 17.0. The van der Waals surface area contributed by atoms with Crippen molar-refractivity contribution in [2.45, 2.75) is 58.2 Å². The monoisotopic (exact) mass is 872 g/mol. The van der Waals surface area contributed by atoms with Crippen molar-refractivity contribution in [1.82, 2.24) is 4.98 Å². The Balaban J connectivity index is 1.97. The van der Waals surface area contributed by atoms with Gasteiger partial charge in [-0.1, -0.05) is 90.1 Å². The number of aromatic amines is 1. The molecular formula is C32H33Br5N2O2. The van der Waals surface area contributed by atoms with Gasteiger partial charge < -0.3 is 14.5 Å². The zero-order valence-corrected chi connectivity index (χ0v) is 32.2. The third-order valence-corrected chi connectivity index (χ3v) is 12.5. The van der Waals surface area contributed by atoms with Crippen LogP contribution in [0.2, 0.25) is 0 Å². The Morgan fingerprint density at radius 1 is 0.659 bits per heavy atom. The lowest BCUT2D eigenvalue weighted by Gasteiger charge is -2.31. The Hall–Kier alpha value is -0.810.